The lowest BCUT2D eigenvalue weighted by molar-refractivity contribution is 0.262. The van der Waals surface area contributed by atoms with E-state index in [2.05, 4.69) is 4.98 Å². The summed E-state index contributed by atoms with van der Waals surface area (Å²) in [5, 5.41) is 8.55. The number of halogens is 2. The quantitative estimate of drug-likeness (QED) is 0.636. The van der Waals surface area contributed by atoms with E-state index >= 15 is 0 Å². The van der Waals surface area contributed by atoms with Gasteiger partial charge in [0.05, 0.1) is 18.3 Å². The molecule has 0 saturated carbocycles. The first-order chi connectivity index (χ1) is 5.65. The molecule has 66 valence electrons. The van der Waals surface area contributed by atoms with Crippen LogP contribution in [0.4, 0.5) is 8.78 Å². The zero-order valence-corrected chi connectivity index (χ0v) is 6.17. The summed E-state index contributed by atoms with van der Waals surface area (Å²) < 4.78 is 25.2. The predicted molar refractivity (Wildman–Crippen MR) is 38.2 cm³/mol. The first kappa shape index (κ1) is 9.02. The van der Waals surface area contributed by atoms with Crippen LogP contribution in [-0.2, 0) is 0 Å². The maximum absolute atomic E-state index is 12.8. The van der Waals surface area contributed by atoms with Gasteiger partial charge in [-0.1, -0.05) is 0 Å². The molecule has 1 aromatic rings. The summed E-state index contributed by atoms with van der Waals surface area (Å²) in [4.78, 5) is 3.22. The molecule has 3 nitrogen and oxygen atoms in total. The molecule has 0 aliphatic heterocycles. The predicted octanol–water partition coefficient (Wildman–Crippen LogP) is 0.352. The number of pyridine rings is 1. The number of nitrogens with zero attached hydrogens (tertiary/aromatic N) is 1. The molecule has 1 atom stereocenters. The topological polar surface area (TPSA) is 59.1 Å². The van der Waals surface area contributed by atoms with Crippen molar-refractivity contribution in [1.82, 2.24) is 4.98 Å². The van der Waals surface area contributed by atoms with Gasteiger partial charge in [0.15, 0.2) is 0 Å². The Morgan fingerprint density at radius 3 is 2.75 bits per heavy atom. The Morgan fingerprint density at radius 2 is 2.17 bits per heavy atom. The van der Waals surface area contributed by atoms with Crippen molar-refractivity contribution in [1.29, 1.82) is 0 Å². The highest BCUT2D eigenvalue weighted by Crippen LogP contribution is 2.11. The molecule has 0 saturated heterocycles. The van der Waals surface area contributed by atoms with E-state index < -0.39 is 24.4 Å². The molecule has 3 N–H and O–H groups in total. The SMILES string of the molecule is N[C@@H](CO)c1nc(F)ccc1F. The van der Waals surface area contributed by atoms with Crippen LogP contribution in [0.1, 0.15) is 11.7 Å². The van der Waals surface area contributed by atoms with Crippen molar-refractivity contribution in [2.24, 2.45) is 5.73 Å². The number of aliphatic hydroxyl groups is 1. The molecule has 0 aromatic carbocycles. The average Bonchev–Trinajstić information content (AvgIpc) is 2.08. The number of hydrogen-bond acceptors (Lipinski definition) is 3. The zero-order valence-electron chi connectivity index (χ0n) is 6.17. The molecule has 0 aliphatic rings. The number of aromatic nitrogens is 1. The summed E-state index contributed by atoms with van der Waals surface area (Å²) >= 11 is 0. The number of nitrogens with two attached hydrogens (primary N) is 1. The van der Waals surface area contributed by atoms with E-state index in [1.807, 2.05) is 0 Å². The highest BCUT2D eigenvalue weighted by molar-refractivity contribution is 5.11. The second-order valence-electron chi connectivity index (χ2n) is 2.29. The summed E-state index contributed by atoms with van der Waals surface area (Å²) in [7, 11) is 0. The lowest BCUT2D eigenvalue weighted by Crippen LogP contribution is -2.18. The second-order valence-corrected chi connectivity index (χ2v) is 2.29. The highest BCUT2D eigenvalue weighted by Gasteiger charge is 2.12. The third-order valence-electron chi connectivity index (χ3n) is 1.39. The smallest absolute Gasteiger partial charge is 0.213 e. The van der Waals surface area contributed by atoms with Crippen molar-refractivity contribution in [2.45, 2.75) is 6.04 Å². The minimum atomic E-state index is -0.972. The Morgan fingerprint density at radius 1 is 1.50 bits per heavy atom. The molecule has 0 aliphatic carbocycles. The van der Waals surface area contributed by atoms with Gasteiger partial charge in [0.1, 0.15) is 5.82 Å². The van der Waals surface area contributed by atoms with E-state index in [9.17, 15) is 8.78 Å². The minimum Gasteiger partial charge on any atom is -0.394 e. The van der Waals surface area contributed by atoms with Crippen LogP contribution in [-0.4, -0.2) is 16.7 Å². The van der Waals surface area contributed by atoms with Gasteiger partial charge in [0.25, 0.3) is 0 Å². The zero-order chi connectivity index (χ0) is 9.14. The molecular weight excluding hydrogens is 166 g/mol. The van der Waals surface area contributed by atoms with Gasteiger partial charge in [0, 0.05) is 0 Å². The van der Waals surface area contributed by atoms with E-state index in [-0.39, 0.29) is 5.69 Å². The molecule has 0 unspecified atom stereocenters. The van der Waals surface area contributed by atoms with Crippen LogP contribution >= 0.6 is 0 Å². The molecule has 1 rings (SSSR count). The Hall–Kier alpha value is -1.07. The molecule has 12 heavy (non-hydrogen) atoms. The van der Waals surface area contributed by atoms with Crippen LogP contribution in [0.5, 0.6) is 0 Å². The highest BCUT2D eigenvalue weighted by atomic mass is 19.1. The van der Waals surface area contributed by atoms with Crippen molar-refractivity contribution in [2.75, 3.05) is 6.61 Å². The van der Waals surface area contributed by atoms with Crippen molar-refractivity contribution in [3.8, 4) is 0 Å². The standard InChI is InChI=1S/C7H8F2N2O/c8-4-1-2-6(9)11-7(4)5(10)3-12/h1-2,5,12H,3,10H2/t5-/m0/s1. The molecule has 5 heteroatoms. The van der Waals surface area contributed by atoms with Crippen LogP contribution < -0.4 is 5.73 Å². The third kappa shape index (κ3) is 1.75. The largest absolute Gasteiger partial charge is 0.394 e. The van der Waals surface area contributed by atoms with Crippen LogP contribution in [0.25, 0.3) is 0 Å². The maximum atomic E-state index is 12.8. The monoisotopic (exact) mass is 174 g/mol. The van der Waals surface area contributed by atoms with Crippen LogP contribution in [0, 0.1) is 11.8 Å². The fraction of sp³-hybridized carbons (Fsp3) is 0.286. The summed E-state index contributed by atoms with van der Waals surface area (Å²) in [5.74, 6) is -1.52. The Balaban J connectivity index is 3.04. The van der Waals surface area contributed by atoms with Crippen molar-refractivity contribution in [3.05, 3.63) is 29.6 Å². The first-order valence-corrected chi connectivity index (χ1v) is 3.33. The van der Waals surface area contributed by atoms with Crippen molar-refractivity contribution in [3.63, 3.8) is 0 Å². The average molecular weight is 174 g/mol. The number of hydrogen-bond donors (Lipinski definition) is 2. The lowest BCUT2D eigenvalue weighted by atomic mass is 10.2. The van der Waals surface area contributed by atoms with E-state index in [0.29, 0.717) is 0 Å². The van der Waals surface area contributed by atoms with Crippen LogP contribution in [0.2, 0.25) is 0 Å². The third-order valence-corrected chi connectivity index (χ3v) is 1.39. The van der Waals surface area contributed by atoms with Gasteiger partial charge in [-0.2, -0.15) is 4.39 Å². The Kier molecular flexibility index (Phi) is 2.67. The summed E-state index contributed by atoms with van der Waals surface area (Å²) in [6.45, 7) is -0.465. The number of aliphatic hydroxyl groups excluding tert-OH is 1. The van der Waals surface area contributed by atoms with Crippen molar-refractivity contribution >= 4 is 0 Å². The maximum Gasteiger partial charge on any atom is 0.213 e. The Labute approximate surface area is 67.8 Å². The molecule has 0 radical (unpaired) electrons. The first-order valence-electron chi connectivity index (χ1n) is 3.33. The van der Waals surface area contributed by atoms with E-state index in [1.54, 1.807) is 0 Å². The van der Waals surface area contributed by atoms with Gasteiger partial charge in [-0.05, 0) is 12.1 Å². The lowest BCUT2D eigenvalue weighted by Gasteiger charge is -2.07. The Bertz CT molecular complexity index is 280. The fourth-order valence-corrected chi connectivity index (χ4v) is 0.780. The molecule has 0 spiro atoms. The van der Waals surface area contributed by atoms with Crippen LogP contribution in [0.15, 0.2) is 12.1 Å². The van der Waals surface area contributed by atoms with Gasteiger partial charge in [-0.3, -0.25) is 0 Å². The fourth-order valence-electron chi connectivity index (χ4n) is 0.780. The normalized spacial score (nSPS) is 13.0. The summed E-state index contributed by atoms with van der Waals surface area (Å²) in [5.41, 5.74) is 4.99. The van der Waals surface area contributed by atoms with Crippen LogP contribution in [0.3, 0.4) is 0 Å². The van der Waals surface area contributed by atoms with Gasteiger partial charge >= 0.3 is 0 Å². The van der Waals surface area contributed by atoms with Crippen molar-refractivity contribution < 1.29 is 13.9 Å². The van der Waals surface area contributed by atoms with Gasteiger partial charge in [0.2, 0.25) is 5.95 Å². The molecule has 0 bridgehead atoms. The molecule has 0 amide bonds. The van der Waals surface area contributed by atoms with E-state index in [1.165, 1.54) is 0 Å². The minimum absolute atomic E-state index is 0.252. The van der Waals surface area contributed by atoms with Gasteiger partial charge in [-0.15, -0.1) is 0 Å². The molecule has 1 aromatic heterocycles. The van der Waals surface area contributed by atoms with Gasteiger partial charge in [-0.25, -0.2) is 9.37 Å². The van der Waals surface area contributed by atoms with Gasteiger partial charge < -0.3 is 10.8 Å². The summed E-state index contributed by atoms with van der Waals surface area (Å²) in [6.07, 6.45) is 0. The second kappa shape index (κ2) is 3.55. The molecular formula is C7H8F2N2O. The van der Waals surface area contributed by atoms with E-state index in [0.717, 1.165) is 12.1 Å². The molecule has 0 fully saturated rings. The summed E-state index contributed by atoms with van der Waals surface area (Å²) in [6, 6.07) is 0.844. The number of rotatable bonds is 2. The van der Waals surface area contributed by atoms with E-state index in [4.69, 9.17) is 10.8 Å². The molecule has 1 heterocycles.